The Bertz CT molecular complexity index is 1040. The first kappa shape index (κ1) is 20.6. The maximum atomic E-state index is 13.3. The molecular formula is C23H26N2O4S. The van der Waals surface area contributed by atoms with Gasteiger partial charge in [-0.3, -0.25) is 9.69 Å². The van der Waals surface area contributed by atoms with E-state index in [4.69, 9.17) is 19.2 Å². The molecular weight excluding hydrogens is 400 g/mol. The number of aryl methyl sites for hydroxylation is 1. The van der Waals surface area contributed by atoms with Gasteiger partial charge in [-0.05, 0) is 49.1 Å². The lowest BCUT2D eigenvalue weighted by Gasteiger charge is -2.23. The number of ether oxygens (including phenoxy) is 3. The van der Waals surface area contributed by atoms with Crippen LogP contribution in [0.1, 0.15) is 24.0 Å². The Morgan fingerprint density at radius 1 is 1.23 bits per heavy atom. The first-order valence-corrected chi connectivity index (χ1v) is 10.9. The van der Waals surface area contributed by atoms with Crippen LogP contribution in [0.3, 0.4) is 0 Å². The number of anilines is 1. The smallest absolute Gasteiger partial charge is 0.233 e. The van der Waals surface area contributed by atoms with E-state index in [1.807, 2.05) is 43.3 Å². The first-order chi connectivity index (χ1) is 14.6. The van der Waals surface area contributed by atoms with Crippen molar-refractivity contribution < 1.29 is 19.0 Å². The van der Waals surface area contributed by atoms with Crippen LogP contribution in [0.15, 0.2) is 36.4 Å². The van der Waals surface area contributed by atoms with Crippen molar-refractivity contribution in [1.29, 1.82) is 0 Å². The number of aromatic nitrogens is 1. The Kier molecular flexibility index (Phi) is 6.20. The summed E-state index contributed by atoms with van der Waals surface area (Å²) in [5.74, 6) is 1.59. The second kappa shape index (κ2) is 9.02. The van der Waals surface area contributed by atoms with E-state index in [-0.39, 0.29) is 12.0 Å². The summed E-state index contributed by atoms with van der Waals surface area (Å²) in [6, 6.07) is 11.7. The van der Waals surface area contributed by atoms with Crippen LogP contribution in [0.2, 0.25) is 0 Å². The molecule has 158 valence electrons. The molecule has 4 rings (SSSR count). The third-order valence-corrected chi connectivity index (χ3v) is 6.40. The standard InChI is InChI=1S/C23H26N2O4S/c1-15-11-16(6-8-20(15)28-3)12-22(26)25(14-18-5-4-10-29-18)23-24-19-13-17(27-2)7-9-21(19)30-23/h6-9,11,13,18H,4-5,10,12,14H2,1-3H3. The molecule has 6 nitrogen and oxygen atoms in total. The van der Waals surface area contributed by atoms with Gasteiger partial charge < -0.3 is 14.2 Å². The number of thiazole rings is 1. The van der Waals surface area contributed by atoms with Gasteiger partial charge >= 0.3 is 0 Å². The summed E-state index contributed by atoms with van der Waals surface area (Å²) < 4.78 is 17.5. The average Bonchev–Trinajstić information content (AvgIpc) is 3.40. The zero-order valence-electron chi connectivity index (χ0n) is 17.5. The molecule has 0 radical (unpaired) electrons. The molecule has 2 aromatic carbocycles. The van der Waals surface area contributed by atoms with Gasteiger partial charge in [-0.2, -0.15) is 0 Å². The van der Waals surface area contributed by atoms with Gasteiger partial charge in [-0.1, -0.05) is 23.5 Å². The summed E-state index contributed by atoms with van der Waals surface area (Å²) in [7, 11) is 3.29. The molecule has 0 spiro atoms. The number of benzene rings is 2. The van der Waals surface area contributed by atoms with Gasteiger partial charge in [0.15, 0.2) is 5.13 Å². The molecule has 1 atom stereocenters. The third-order valence-electron chi connectivity index (χ3n) is 5.34. The SMILES string of the molecule is COc1ccc2sc(N(CC3CCCO3)C(=O)Cc3ccc(OC)c(C)c3)nc2c1. The van der Waals surface area contributed by atoms with Crippen molar-refractivity contribution in [1.82, 2.24) is 4.98 Å². The number of nitrogens with zero attached hydrogens (tertiary/aromatic N) is 2. The van der Waals surface area contributed by atoms with Gasteiger partial charge in [0.2, 0.25) is 5.91 Å². The van der Waals surface area contributed by atoms with E-state index in [1.165, 1.54) is 11.3 Å². The maximum absolute atomic E-state index is 13.3. The van der Waals surface area contributed by atoms with Gasteiger partial charge in [0.25, 0.3) is 0 Å². The summed E-state index contributed by atoms with van der Waals surface area (Å²) in [4.78, 5) is 19.9. The number of methoxy groups -OCH3 is 2. The Balaban J connectivity index is 1.61. The molecule has 1 fully saturated rings. The highest BCUT2D eigenvalue weighted by atomic mass is 32.1. The molecule has 1 aliphatic rings. The van der Waals surface area contributed by atoms with Gasteiger partial charge in [-0.25, -0.2) is 4.98 Å². The molecule has 30 heavy (non-hydrogen) atoms. The number of hydrogen-bond donors (Lipinski definition) is 0. The predicted molar refractivity (Wildman–Crippen MR) is 119 cm³/mol. The molecule has 1 amide bonds. The maximum Gasteiger partial charge on any atom is 0.233 e. The highest BCUT2D eigenvalue weighted by Gasteiger charge is 2.26. The lowest BCUT2D eigenvalue weighted by atomic mass is 10.1. The molecule has 2 heterocycles. The normalized spacial score (nSPS) is 16.0. The zero-order valence-corrected chi connectivity index (χ0v) is 18.3. The summed E-state index contributed by atoms with van der Waals surface area (Å²) in [5.41, 5.74) is 2.80. The van der Waals surface area contributed by atoms with Crippen molar-refractivity contribution in [2.75, 3.05) is 32.3 Å². The number of carbonyl (C=O) groups is 1. The van der Waals surface area contributed by atoms with Crippen LogP contribution in [0.5, 0.6) is 11.5 Å². The molecule has 0 bridgehead atoms. The van der Waals surface area contributed by atoms with Crippen molar-refractivity contribution in [3.63, 3.8) is 0 Å². The fourth-order valence-corrected chi connectivity index (χ4v) is 4.71. The van der Waals surface area contributed by atoms with Crippen LogP contribution in [-0.4, -0.2) is 44.4 Å². The average molecular weight is 427 g/mol. The molecule has 7 heteroatoms. The monoisotopic (exact) mass is 426 g/mol. The molecule has 1 saturated heterocycles. The second-order valence-corrected chi connectivity index (χ2v) is 8.46. The van der Waals surface area contributed by atoms with Crippen molar-refractivity contribution in [3.05, 3.63) is 47.5 Å². The van der Waals surface area contributed by atoms with Crippen LogP contribution in [0.25, 0.3) is 10.2 Å². The van der Waals surface area contributed by atoms with Gasteiger partial charge in [0.1, 0.15) is 11.5 Å². The fourth-order valence-electron chi connectivity index (χ4n) is 3.74. The van der Waals surface area contributed by atoms with Crippen LogP contribution in [-0.2, 0) is 16.0 Å². The van der Waals surface area contributed by atoms with E-state index < -0.39 is 0 Å². The molecule has 0 aliphatic carbocycles. The number of hydrogen-bond acceptors (Lipinski definition) is 6. The summed E-state index contributed by atoms with van der Waals surface area (Å²) in [5, 5.41) is 0.698. The minimum Gasteiger partial charge on any atom is -0.497 e. The van der Waals surface area contributed by atoms with Crippen molar-refractivity contribution in [2.45, 2.75) is 32.3 Å². The van der Waals surface area contributed by atoms with Gasteiger partial charge in [0.05, 0.1) is 43.5 Å². The first-order valence-electron chi connectivity index (χ1n) is 10.1. The fraction of sp³-hybridized carbons (Fsp3) is 0.391. The third kappa shape index (κ3) is 4.42. The van der Waals surface area contributed by atoms with Crippen LogP contribution in [0, 0.1) is 6.92 Å². The summed E-state index contributed by atoms with van der Waals surface area (Å²) in [6.45, 7) is 3.25. The molecule has 1 unspecified atom stereocenters. The van der Waals surface area contributed by atoms with Crippen LogP contribution >= 0.6 is 11.3 Å². The molecule has 0 N–H and O–H groups in total. The minimum absolute atomic E-state index is 0.0149. The minimum atomic E-state index is 0.0149. The number of rotatable bonds is 7. The van der Waals surface area contributed by atoms with Crippen LogP contribution in [0.4, 0.5) is 5.13 Å². The molecule has 3 aromatic rings. The Labute approximate surface area is 180 Å². The topological polar surface area (TPSA) is 60.9 Å². The highest BCUT2D eigenvalue weighted by molar-refractivity contribution is 7.22. The van der Waals surface area contributed by atoms with Crippen molar-refractivity contribution in [2.24, 2.45) is 0 Å². The Hall–Kier alpha value is -2.64. The second-order valence-electron chi connectivity index (χ2n) is 7.45. The van der Waals surface area contributed by atoms with E-state index >= 15 is 0 Å². The quantitative estimate of drug-likeness (QED) is 0.561. The van der Waals surface area contributed by atoms with E-state index in [0.717, 1.165) is 52.3 Å². The molecule has 1 aromatic heterocycles. The van der Waals surface area contributed by atoms with E-state index in [9.17, 15) is 4.79 Å². The number of fused-ring (bicyclic) bond motifs is 1. The lowest BCUT2D eigenvalue weighted by molar-refractivity contribution is -0.118. The van der Waals surface area contributed by atoms with E-state index in [0.29, 0.717) is 18.1 Å². The zero-order chi connectivity index (χ0) is 21.1. The largest absolute Gasteiger partial charge is 0.497 e. The van der Waals surface area contributed by atoms with Gasteiger partial charge in [0, 0.05) is 12.7 Å². The van der Waals surface area contributed by atoms with Gasteiger partial charge in [-0.15, -0.1) is 0 Å². The van der Waals surface area contributed by atoms with E-state index in [2.05, 4.69) is 0 Å². The lowest BCUT2D eigenvalue weighted by Crippen LogP contribution is -2.38. The predicted octanol–water partition coefficient (Wildman–Crippen LogP) is 4.38. The van der Waals surface area contributed by atoms with Crippen molar-refractivity contribution in [3.8, 4) is 11.5 Å². The summed E-state index contributed by atoms with van der Waals surface area (Å²) >= 11 is 1.52. The van der Waals surface area contributed by atoms with Crippen molar-refractivity contribution >= 4 is 32.6 Å². The Morgan fingerprint density at radius 3 is 2.80 bits per heavy atom. The molecule has 1 aliphatic heterocycles. The van der Waals surface area contributed by atoms with E-state index in [1.54, 1.807) is 19.1 Å². The Morgan fingerprint density at radius 2 is 2.10 bits per heavy atom. The summed E-state index contributed by atoms with van der Waals surface area (Å²) in [6.07, 6.45) is 2.34. The number of amides is 1. The number of carbonyl (C=O) groups excluding carboxylic acids is 1. The highest BCUT2D eigenvalue weighted by Crippen LogP contribution is 2.32. The van der Waals surface area contributed by atoms with Crippen LogP contribution < -0.4 is 14.4 Å². The molecule has 0 saturated carbocycles.